The lowest BCUT2D eigenvalue weighted by molar-refractivity contribution is -0.117. The number of hydrogen-bond acceptors (Lipinski definition) is 4. The van der Waals surface area contributed by atoms with Crippen molar-refractivity contribution in [3.05, 3.63) is 18.2 Å². The van der Waals surface area contributed by atoms with E-state index in [0.717, 1.165) is 12.8 Å². The lowest BCUT2D eigenvalue weighted by Gasteiger charge is -2.14. The Morgan fingerprint density at radius 1 is 1.38 bits per heavy atom. The number of nitrogens with one attached hydrogen (secondary N) is 1. The molecule has 0 fully saturated rings. The molecule has 1 rings (SSSR count). The molecule has 3 N–H and O–H groups in total. The first kappa shape index (κ1) is 17.2. The number of rotatable bonds is 8. The van der Waals surface area contributed by atoms with E-state index in [0.29, 0.717) is 12.1 Å². The van der Waals surface area contributed by atoms with Crippen molar-refractivity contribution in [3.8, 4) is 11.5 Å². The van der Waals surface area contributed by atoms with Crippen LogP contribution in [0, 0.1) is 0 Å². The molecule has 0 unspecified atom stereocenters. The fraction of sp³-hybridized carbons (Fsp3) is 0.500. The number of benzene rings is 1. The highest BCUT2D eigenvalue weighted by molar-refractivity contribution is 5.94. The third kappa shape index (κ3) is 5.55. The van der Waals surface area contributed by atoms with Crippen LogP contribution in [0.5, 0.6) is 11.5 Å². The highest BCUT2D eigenvalue weighted by Gasteiger charge is 2.15. The number of alkyl halides is 2. The molecule has 1 aromatic rings. The maximum absolute atomic E-state index is 12.3. The zero-order valence-electron chi connectivity index (χ0n) is 12.1. The monoisotopic (exact) mass is 302 g/mol. The van der Waals surface area contributed by atoms with Crippen LogP contribution in [0.1, 0.15) is 26.2 Å². The third-order valence-electron chi connectivity index (χ3n) is 2.85. The minimum Gasteiger partial charge on any atom is -0.493 e. The predicted octanol–water partition coefficient (Wildman–Crippen LogP) is 2.75. The summed E-state index contributed by atoms with van der Waals surface area (Å²) in [5.41, 5.74) is 6.06. The Morgan fingerprint density at radius 2 is 2.10 bits per heavy atom. The number of carbonyl (C=O) groups excluding carboxylic acids is 1. The largest absolute Gasteiger partial charge is 0.493 e. The lowest BCUT2D eigenvalue weighted by Crippen LogP contribution is -2.35. The van der Waals surface area contributed by atoms with Crippen molar-refractivity contribution in [2.24, 2.45) is 5.73 Å². The van der Waals surface area contributed by atoms with Gasteiger partial charge in [-0.2, -0.15) is 8.78 Å². The first-order valence-corrected chi connectivity index (χ1v) is 6.67. The number of hydrogen-bond donors (Lipinski definition) is 2. The van der Waals surface area contributed by atoms with Gasteiger partial charge in [0.25, 0.3) is 0 Å². The topological polar surface area (TPSA) is 73.6 Å². The van der Waals surface area contributed by atoms with Crippen LogP contribution in [-0.4, -0.2) is 25.7 Å². The van der Waals surface area contributed by atoms with E-state index >= 15 is 0 Å². The first-order valence-electron chi connectivity index (χ1n) is 6.67. The Bertz CT molecular complexity index is 470. The summed E-state index contributed by atoms with van der Waals surface area (Å²) in [6, 6.07) is 3.61. The summed E-state index contributed by atoms with van der Waals surface area (Å²) in [5.74, 6) is -0.354. The van der Waals surface area contributed by atoms with E-state index in [1.807, 2.05) is 6.92 Å². The minimum absolute atomic E-state index is 0.146. The Balaban J connectivity index is 2.77. The van der Waals surface area contributed by atoms with Crippen molar-refractivity contribution >= 4 is 11.6 Å². The summed E-state index contributed by atoms with van der Waals surface area (Å²) in [5, 5.41) is 2.57. The minimum atomic E-state index is -2.98. The molecule has 7 heteroatoms. The quantitative estimate of drug-likeness (QED) is 0.774. The first-order chi connectivity index (χ1) is 9.97. The van der Waals surface area contributed by atoms with Gasteiger partial charge in [-0.1, -0.05) is 19.8 Å². The molecule has 0 aliphatic heterocycles. The van der Waals surface area contributed by atoms with E-state index < -0.39 is 12.7 Å². The van der Waals surface area contributed by atoms with Gasteiger partial charge in [0.15, 0.2) is 11.5 Å². The molecule has 0 aromatic heterocycles. The summed E-state index contributed by atoms with van der Waals surface area (Å²) in [6.07, 6.45) is 2.35. The molecule has 1 aromatic carbocycles. The normalized spacial score (nSPS) is 12.1. The maximum atomic E-state index is 12.3. The van der Waals surface area contributed by atoms with Gasteiger partial charge in [0.1, 0.15) is 0 Å². The van der Waals surface area contributed by atoms with Gasteiger partial charge in [-0.3, -0.25) is 4.79 Å². The van der Waals surface area contributed by atoms with Gasteiger partial charge in [-0.15, -0.1) is 0 Å². The van der Waals surface area contributed by atoms with E-state index in [4.69, 9.17) is 10.5 Å². The molecule has 5 nitrogen and oxygen atoms in total. The van der Waals surface area contributed by atoms with Crippen LogP contribution in [0.25, 0.3) is 0 Å². The van der Waals surface area contributed by atoms with Crippen molar-refractivity contribution in [3.63, 3.8) is 0 Å². The Morgan fingerprint density at radius 3 is 2.67 bits per heavy atom. The van der Waals surface area contributed by atoms with Crippen LogP contribution in [0.15, 0.2) is 18.2 Å². The molecule has 0 saturated carbocycles. The number of unbranched alkanes of at least 4 members (excludes halogenated alkanes) is 1. The standard InChI is InChI=1S/C14H20F2N2O3/c1-3-4-5-10(17)13(19)18-9-6-7-11(20-2)12(8-9)21-14(15)16/h6-8,10,14H,3-5,17H2,1-2H3,(H,18,19)/t10-/m0/s1. The summed E-state index contributed by atoms with van der Waals surface area (Å²) < 4.78 is 33.9. The Labute approximate surface area is 122 Å². The summed E-state index contributed by atoms with van der Waals surface area (Å²) in [6.45, 7) is -0.973. The average Bonchev–Trinajstić information content (AvgIpc) is 2.44. The number of halogens is 2. The number of anilines is 1. The summed E-state index contributed by atoms with van der Waals surface area (Å²) in [4.78, 5) is 11.8. The SMILES string of the molecule is CCCC[C@H](N)C(=O)Nc1ccc(OC)c(OC(F)F)c1. The smallest absolute Gasteiger partial charge is 0.387 e. The fourth-order valence-corrected chi connectivity index (χ4v) is 1.73. The fourth-order valence-electron chi connectivity index (χ4n) is 1.73. The van der Waals surface area contributed by atoms with Crippen molar-refractivity contribution in [2.45, 2.75) is 38.8 Å². The molecule has 0 saturated heterocycles. The predicted molar refractivity (Wildman–Crippen MR) is 75.8 cm³/mol. The van der Waals surface area contributed by atoms with Crippen LogP contribution in [-0.2, 0) is 4.79 Å². The highest BCUT2D eigenvalue weighted by Crippen LogP contribution is 2.31. The van der Waals surface area contributed by atoms with Crippen molar-refractivity contribution < 1.29 is 23.0 Å². The Kier molecular flexibility index (Phi) is 6.87. The molecule has 0 aliphatic carbocycles. The van der Waals surface area contributed by atoms with Crippen molar-refractivity contribution in [1.29, 1.82) is 0 Å². The molecule has 0 spiro atoms. The molecule has 21 heavy (non-hydrogen) atoms. The van der Waals surface area contributed by atoms with Crippen LogP contribution >= 0.6 is 0 Å². The number of carbonyl (C=O) groups is 1. The van der Waals surface area contributed by atoms with E-state index in [-0.39, 0.29) is 17.4 Å². The second-order valence-electron chi connectivity index (χ2n) is 4.48. The molecule has 0 heterocycles. The maximum Gasteiger partial charge on any atom is 0.387 e. The van der Waals surface area contributed by atoms with Crippen LogP contribution < -0.4 is 20.5 Å². The second-order valence-corrected chi connectivity index (χ2v) is 4.48. The van der Waals surface area contributed by atoms with E-state index in [9.17, 15) is 13.6 Å². The lowest BCUT2D eigenvalue weighted by atomic mass is 10.1. The second kappa shape index (κ2) is 8.41. The summed E-state index contributed by atoms with van der Waals surface area (Å²) >= 11 is 0. The zero-order chi connectivity index (χ0) is 15.8. The van der Waals surface area contributed by atoms with Crippen LogP contribution in [0.4, 0.5) is 14.5 Å². The van der Waals surface area contributed by atoms with Gasteiger partial charge in [0, 0.05) is 11.8 Å². The molecule has 0 bridgehead atoms. The van der Waals surface area contributed by atoms with Gasteiger partial charge in [0.05, 0.1) is 13.2 Å². The summed E-state index contributed by atoms with van der Waals surface area (Å²) in [7, 11) is 1.34. The van der Waals surface area contributed by atoms with Crippen LogP contribution in [0.2, 0.25) is 0 Å². The molecular weight excluding hydrogens is 282 g/mol. The van der Waals surface area contributed by atoms with Crippen molar-refractivity contribution in [2.75, 3.05) is 12.4 Å². The molecule has 0 radical (unpaired) electrons. The van der Waals surface area contributed by atoms with Gasteiger partial charge >= 0.3 is 6.61 Å². The van der Waals surface area contributed by atoms with E-state index in [1.54, 1.807) is 0 Å². The molecule has 118 valence electrons. The molecule has 1 atom stereocenters. The number of amides is 1. The average molecular weight is 302 g/mol. The molecule has 1 amide bonds. The van der Waals surface area contributed by atoms with Gasteiger partial charge in [-0.05, 0) is 18.6 Å². The molecular formula is C14H20F2N2O3. The number of ether oxygens (including phenoxy) is 2. The van der Waals surface area contributed by atoms with Gasteiger partial charge in [0.2, 0.25) is 5.91 Å². The van der Waals surface area contributed by atoms with Gasteiger partial charge in [-0.25, -0.2) is 0 Å². The van der Waals surface area contributed by atoms with E-state index in [1.165, 1.54) is 25.3 Å². The zero-order valence-corrected chi connectivity index (χ0v) is 12.1. The molecule has 0 aliphatic rings. The highest BCUT2D eigenvalue weighted by atomic mass is 19.3. The Hall–Kier alpha value is -1.89. The van der Waals surface area contributed by atoms with E-state index in [2.05, 4.69) is 10.1 Å². The van der Waals surface area contributed by atoms with Crippen LogP contribution in [0.3, 0.4) is 0 Å². The van der Waals surface area contributed by atoms with Crippen molar-refractivity contribution in [1.82, 2.24) is 0 Å². The third-order valence-corrected chi connectivity index (χ3v) is 2.85. The number of nitrogens with two attached hydrogens (primary N) is 1. The van der Waals surface area contributed by atoms with Gasteiger partial charge < -0.3 is 20.5 Å². The number of methoxy groups -OCH3 is 1.